The maximum absolute atomic E-state index is 6.27. The number of anilines is 1. The number of nitrogens with one attached hydrogen (secondary N) is 1. The van der Waals surface area contributed by atoms with E-state index in [1.54, 1.807) is 12.3 Å². The second-order valence-electron chi connectivity index (χ2n) is 4.93. The first-order chi connectivity index (χ1) is 10.1. The van der Waals surface area contributed by atoms with Crippen LogP contribution in [0.25, 0.3) is 10.8 Å². The fourth-order valence-electron chi connectivity index (χ4n) is 2.41. The van der Waals surface area contributed by atoms with Gasteiger partial charge in [0.25, 0.3) is 0 Å². The molecule has 1 atom stereocenters. The number of fused-ring (bicyclic) bond motifs is 1. The van der Waals surface area contributed by atoms with Crippen molar-refractivity contribution in [1.82, 2.24) is 4.98 Å². The Balaban J connectivity index is 1.96. The van der Waals surface area contributed by atoms with E-state index in [0.29, 0.717) is 10.0 Å². The van der Waals surface area contributed by atoms with Gasteiger partial charge in [0, 0.05) is 38.9 Å². The molecule has 1 N–H and O–H groups in total. The Hall–Kier alpha value is -1.77. The number of hydrogen-bond donors (Lipinski definition) is 1. The summed E-state index contributed by atoms with van der Waals surface area (Å²) in [5.41, 5.74) is 2.04. The first-order valence-electron chi connectivity index (χ1n) is 6.69. The number of rotatable bonds is 3. The van der Waals surface area contributed by atoms with Gasteiger partial charge in [0.15, 0.2) is 0 Å². The Morgan fingerprint density at radius 3 is 2.81 bits per heavy atom. The molecule has 0 radical (unpaired) electrons. The first kappa shape index (κ1) is 14.2. The van der Waals surface area contributed by atoms with E-state index in [9.17, 15) is 0 Å². The standard InChI is InChI=1S/C17H14Cl2N2/c1-11(15-9-13(18)5-6-16(15)19)21-17-4-2-3-12-10-20-8-7-14(12)17/h2-11,21H,1H3. The molecule has 0 amide bonds. The van der Waals surface area contributed by atoms with Crippen LogP contribution in [0.1, 0.15) is 18.5 Å². The van der Waals surface area contributed by atoms with Gasteiger partial charge < -0.3 is 5.32 Å². The van der Waals surface area contributed by atoms with Gasteiger partial charge in [-0.25, -0.2) is 0 Å². The summed E-state index contributed by atoms with van der Waals surface area (Å²) < 4.78 is 0. The van der Waals surface area contributed by atoms with Crippen LogP contribution in [0.4, 0.5) is 5.69 Å². The van der Waals surface area contributed by atoms with E-state index in [4.69, 9.17) is 23.2 Å². The lowest BCUT2D eigenvalue weighted by atomic mass is 10.1. The van der Waals surface area contributed by atoms with E-state index in [2.05, 4.69) is 23.3 Å². The molecule has 1 unspecified atom stereocenters. The van der Waals surface area contributed by atoms with Gasteiger partial charge in [-0.15, -0.1) is 0 Å². The molecule has 3 rings (SSSR count). The number of hydrogen-bond acceptors (Lipinski definition) is 2. The van der Waals surface area contributed by atoms with Crippen LogP contribution in [0.5, 0.6) is 0 Å². The van der Waals surface area contributed by atoms with E-state index >= 15 is 0 Å². The molecule has 0 aliphatic rings. The third-order valence-corrected chi connectivity index (χ3v) is 4.06. The highest BCUT2D eigenvalue weighted by Crippen LogP contribution is 2.31. The van der Waals surface area contributed by atoms with Gasteiger partial charge in [0.1, 0.15) is 0 Å². The smallest absolute Gasteiger partial charge is 0.0501 e. The molecule has 1 heterocycles. The highest BCUT2D eigenvalue weighted by Gasteiger charge is 2.11. The van der Waals surface area contributed by atoms with E-state index < -0.39 is 0 Å². The summed E-state index contributed by atoms with van der Waals surface area (Å²) in [4.78, 5) is 4.15. The molecule has 0 bridgehead atoms. The molecule has 1 aromatic heterocycles. The summed E-state index contributed by atoms with van der Waals surface area (Å²) in [6, 6.07) is 13.7. The van der Waals surface area contributed by atoms with E-state index in [1.807, 2.05) is 36.5 Å². The minimum Gasteiger partial charge on any atom is -0.378 e. The fraction of sp³-hybridized carbons (Fsp3) is 0.118. The van der Waals surface area contributed by atoms with Crippen molar-refractivity contribution >= 4 is 39.7 Å². The molecule has 2 nitrogen and oxygen atoms in total. The number of pyridine rings is 1. The molecule has 2 aromatic carbocycles. The number of aromatic nitrogens is 1. The summed E-state index contributed by atoms with van der Waals surface area (Å²) in [6.45, 7) is 2.07. The minimum absolute atomic E-state index is 0.0509. The highest BCUT2D eigenvalue weighted by atomic mass is 35.5. The molecule has 0 aliphatic heterocycles. The molecule has 0 fully saturated rings. The maximum atomic E-state index is 6.27. The Kier molecular flexibility index (Phi) is 4.00. The van der Waals surface area contributed by atoms with Crippen LogP contribution in [-0.2, 0) is 0 Å². The van der Waals surface area contributed by atoms with Gasteiger partial charge in [-0.3, -0.25) is 4.98 Å². The van der Waals surface area contributed by atoms with Crippen molar-refractivity contribution in [3.63, 3.8) is 0 Å². The molecule has 4 heteroatoms. The van der Waals surface area contributed by atoms with Gasteiger partial charge >= 0.3 is 0 Å². The third kappa shape index (κ3) is 2.97. The molecule has 106 valence electrons. The fourth-order valence-corrected chi connectivity index (χ4v) is 2.87. The van der Waals surface area contributed by atoms with Crippen molar-refractivity contribution < 1.29 is 0 Å². The predicted molar refractivity (Wildman–Crippen MR) is 90.2 cm³/mol. The van der Waals surface area contributed by atoms with Crippen LogP contribution >= 0.6 is 23.2 Å². The predicted octanol–water partition coefficient (Wildman–Crippen LogP) is 5.71. The number of benzene rings is 2. The monoisotopic (exact) mass is 316 g/mol. The molecular formula is C17H14Cl2N2. The van der Waals surface area contributed by atoms with Crippen molar-refractivity contribution in [3.05, 3.63) is 70.5 Å². The zero-order chi connectivity index (χ0) is 14.8. The average Bonchev–Trinajstić information content (AvgIpc) is 2.50. The van der Waals surface area contributed by atoms with Crippen molar-refractivity contribution in [2.24, 2.45) is 0 Å². The van der Waals surface area contributed by atoms with Crippen LogP contribution in [0.2, 0.25) is 10.0 Å². The minimum atomic E-state index is 0.0509. The van der Waals surface area contributed by atoms with Crippen LogP contribution in [-0.4, -0.2) is 4.98 Å². The van der Waals surface area contributed by atoms with Crippen LogP contribution in [0, 0.1) is 0 Å². The average molecular weight is 317 g/mol. The summed E-state index contributed by atoms with van der Waals surface area (Å²) in [7, 11) is 0. The topological polar surface area (TPSA) is 24.9 Å². The quantitative estimate of drug-likeness (QED) is 0.669. The molecule has 0 saturated carbocycles. The van der Waals surface area contributed by atoms with Crippen molar-refractivity contribution in [1.29, 1.82) is 0 Å². The van der Waals surface area contributed by atoms with Gasteiger partial charge in [-0.1, -0.05) is 35.3 Å². The second-order valence-corrected chi connectivity index (χ2v) is 5.78. The zero-order valence-electron chi connectivity index (χ0n) is 11.5. The maximum Gasteiger partial charge on any atom is 0.0501 e. The molecule has 0 spiro atoms. The van der Waals surface area contributed by atoms with E-state index in [-0.39, 0.29) is 6.04 Å². The van der Waals surface area contributed by atoms with Gasteiger partial charge in [0.2, 0.25) is 0 Å². The molecule has 21 heavy (non-hydrogen) atoms. The lowest BCUT2D eigenvalue weighted by molar-refractivity contribution is 0.887. The van der Waals surface area contributed by atoms with Crippen LogP contribution in [0.3, 0.4) is 0 Å². The van der Waals surface area contributed by atoms with Crippen molar-refractivity contribution in [2.75, 3.05) is 5.32 Å². The Bertz CT molecular complexity index is 781. The Labute approximate surface area is 133 Å². The highest BCUT2D eigenvalue weighted by molar-refractivity contribution is 6.33. The summed E-state index contributed by atoms with van der Waals surface area (Å²) in [6.07, 6.45) is 3.65. The Morgan fingerprint density at radius 2 is 1.95 bits per heavy atom. The van der Waals surface area contributed by atoms with Crippen molar-refractivity contribution in [2.45, 2.75) is 13.0 Å². The summed E-state index contributed by atoms with van der Waals surface area (Å²) in [5.74, 6) is 0. The number of halogens is 2. The molecule has 0 aliphatic carbocycles. The molecular weight excluding hydrogens is 303 g/mol. The largest absolute Gasteiger partial charge is 0.378 e. The van der Waals surface area contributed by atoms with Crippen molar-refractivity contribution in [3.8, 4) is 0 Å². The van der Waals surface area contributed by atoms with Gasteiger partial charge in [0.05, 0.1) is 6.04 Å². The third-order valence-electron chi connectivity index (χ3n) is 3.48. The normalized spacial score (nSPS) is 12.3. The summed E-state index contributed by atoms with van der Waals surface area (Å²) >= 11 is 12.3. The first-order valence-corrected chi connectivity index (χ1v) is 7.45. The van der Waals surface area contributed by atoms with E-state index in [0.717, 1.165) is 22.0 Å². The number of nitrogens with zero attached hydrogens (tertiary/aromatic N) is 1. The SMILES string of the molecule is CC(Nc1cccc2cnccc12)c1cc(Cl)ccc1Cl. The van der Waals surface area contributed by atoms with Gasteiger partial charge in [-0.2, -0.15) is 0 Å². The van der Waals surface area contributed by atoms with Crippen LogP contribution < -0.4 is 5.32 Å². The molecule has 0 saturated heterocycles. The van der Waals surface area contributed by atoms with E-state index in [1.165, 1.54) is 0 Å². The summed E-state index contributed by atoms with van der Waals surface area (Å²) in [5, 5.41) is 7.13. The second kappa shape index (κ2) is 5.92. The lowest BCUT2D eigenvalue weighted by Gasteiger charge is -2.18. The van der Waals surface area contributed by atoms with Crippen LogP contribution in [0.15, 0.2) is 54.9 Å². The zero-order valence-corrected chi connectivity index (χ0v) is 13.0. The lowest BCUT2D eigenvalue weighted by Crippen LogP contribution is -2.07. The van der Waals surface area contributed by atoms with Gasteiger partial charge in [-0.05, 0) is 42.8 Å². The Morgan fingerprint density at radius 1 is 1.10 bits per heavy atom. The molecule has 3 aromatic rings.